The summed E-state index contributed by atoms with van der Waals surface area (Å²) in [4.78, 5) is 4.61. The van der Waals surface area contributed by atoms with Gasteiger partial charge in [0.1, 0.15) is 6.07 Å². The Labute approximate surface area is 128 Å². The molecule has 1 aromatic carbocycles. The van der Waals surface area contributed by atoms with Crippen LogP contribution >= 0.6 is 0 Å². The van der Waals surface area contributed by atoms with E-state index >= 15 is 0 Å². The third kappa shape index (κ3) is 3.96. The molecule has 0 aliphatic carbocycles. The van der Waals surface area contributed by atoms with Crippen molar-refractivity contribution in [3.05, 3.63) is 29.3 Å². The fraction of sp³-hybridized carbons (Fsp3) is 0.588. The quantitative estimate of drug-likeness (QED) is 0.814. The summed E-state index contributed by atoms with van der Waals surface area (Å²) in [5, 5.41) is 12.8. The Kier molecular flexibility index (Phi) is 5.60. The highest BCUT2D eigenvalue weighted by Gasteiger charge is 2.25. The summed E-state index contributed by atoms with van der Waals surface area (Å²) in [6.45, 7) is 6.05. The maximum Gasteiger partial charge on any atom is 0.101 e. The normalized spacial score (nSPS) is 18.2. The molecule has 1 aliphatic heterocycles. The lowest BCUT2D eigenvalue weighted by Crippen LogP contribution is -2.31. The van der Waals surface area contributed by atoms with Gasteiger partial charge in [0.25, 0.3) is 0 Å². The van der Waals surface area contributed by atoms with Gasteiger partial charge in [-0.3, -0.25) is 0 Å². The van der Waals surface area contributed by atoms with Crippen molar-refractivity contribution in [2.24, 2.45) is 0 Å². The van der Waals surface area contributed by atoms with Crippen molar-refractivity contribution in [2.75, 3.05) is 38.6 Å². The molecule has 4 nitrogen and oxygen atoms in total. The number of nitrogens with zero attached hydrogens (tertiary/aromatic N) is 3. The van der Waals surface area contributed by atoms with Crippen LogP contribution in [0.5, 0.6) is 0 Å². The van der Waals surface area contributed by atoms with Gasteiger partial charge in [0.05, 0.1) is 11.3 Å². The topological polar surface area (TPSA) is 42.3 Å². The van der Waals surface area contributed by atoms with Gasteiger partial charge >= 0.3 is 0 Å². The van der Waals surface area contributed by atoms with Crippen molar-refractivity contribution < 1.29 is 0 Å². The van der Waals surface area contributed by atoms with E-state index in [-0.39, 0.29) is 0 Å². The van der Waals surface area contributed by atoms with Gasteiger partial charge in [0.2, 0.25) is 0 Å². The maximum atomic E-state index is 9.44. The molecule has 2 rings (SSSR count). The van der Waals surface area contributed by atoms with Gasteiger partial charge in [0.15, 0.2) is 0 Å². The molecule has 1 aromatic rings. The van der Waals surface area contributed by atoms with E-state index in [1.165, 1.54) is 5.56 Å². The van der Waals surface area contributed by atoms with Gasteiger partial charge in [0, 0.05) is 25.7 Å². The Morgan fingerprint density at radius 3 is 2.86 bits per heavy atom. The van der Waals surface area contributed by atoms with Crippen molar-refractivity contribution in [3.8, 4) is 6.07 Å². The lowest BCUT2D eigenvalue weighted by atomic mass is 10.1. The van der Waals surface area contributed by atoms with Gasteiger partial charge in [-0.2, -0.15) is 5.26 Å². The highest BCUT2D eigenvalue weighted by atomic mass is 15.2. The van der Waals surface area contributed by atoms with Crippen LogP contribution in [0.1, 0.15) is 30.9 Å². The number of nitriles is 1. The second-order valence-corrected chi connectivity index (χ2v) is 5.99. The Morgan fingerprint density at radius 1 is 1.43 bits per heavy atom. The molecule has 0 spiro atoms. The molecule has 0 aromatic heterocycles. The minimum Gasteiger partial charge on any atom is -0.369 e. The minimum atomic E-state index is 0.586. The number of hydrogen-bond donors (Lipinski definition) is 1. The maximum absolute atomic E-state index is 9.44. The monoisotopic (exact) mass is 286 g/mol. The average molecular weight is 286 g/mol. The van der Waals surface area contributed by atoms with Gasteiger partial charge in [-0.1, -0.05) is 13.0 Å². The smallest absolute Gasteiger partial charge is 0.101 e. The molecule has 1 unspecified atom stereocenters. The standard InChI is InChI=1S/C17H26N4/c1-4-8-19-12-14-5-6-17(15(10-14)11-18)21-9-7-16(13-21)20(2)3/h5-6,10,16,19H,4,7-9,12-13H2,1-3H3. The average Bonchev–Trinajstić information content (AvgIpc) is 2.97. The third-order valence-corrected chi connectivity index (χ3v) is 4.17. The van der Waals surface area contributed by atoms with E-state index in [0.717, 1.165) is 50.3 Å². The summed E-state index contributed by atoms with van der Waals surface area (Å²) in [6.07, 6.45) is 2.29. The predicted molar refractivity (Wildman–Crippen MR) is 87.5 cm³/mol. The SMILES string of the molecule is CCCNCc1ccc(N2CCC(N(C)C)C2)c(C#N)c1. The number of rotatable bonds is 6. The Bertz CT molecular complexity index is 504. The summed E-state index contributed by atoms with van der Waals surface area (Å²) in [6, 6.07) is 9.23. The summed E-state index contributed by atoms with van der Waals surface area (Å²) < 4.78 is 0. The first-order chi connectivity index (χ1) is 10.2. The van der Waals surface area contributed by atoms with E-state index in [2.05, 4.69) is 54.3 Å². The molecular formula is C17H26N4. The fourth-order valence-corrected chi connectivity index (χ4v) is 2.85. The second-order valence-electron chi connectivity index (χ2n) is 5.99. The summed E-state index contributed by atoms with van der Waals surface area (Å²) >= 11 is 0. The van der Waals surface area contributed by atoms with E-state index in [0.29, 0.717) is 6.04 Å². The zero-order valence-electron chi connectivity index (χ0n) is 13.4. The van der Waals surface area contributed by atoms with Crippen molar-refractivity contribution in [1.29, 1.82) is 5.26 Å². The Hall–Kier alpha value is -1.57. The summed E-state index contributed by atoms with van der Waals surface area (Å²) in [5.74, 6) is 0. The van der Waals surface area contributed by atoms with Gasteiger partial charge in [-0.05, 0) is 51.2 Å². The summed E-state index contributed by atoms with van der Waals surface area (Å²) in [5.41, 5.74) is 3.07. The lowest BCUT2D eigenvalue weighted by Gasteiger charge is -2.23. The molecule has 114 valence electrons. The van der Waals surface area contributed by atoms with Crippen LogP contribution in [0.4, 0.5) is 5.69 Å². The lowest BCUT2D eigenvalue weighted by molar-refractivity contribution is 0.315. The third-order valence-electron chi connectivity index (χ3n) is 4.17. The number of hydrogen-bond acceptors (Lipinski definition) is 4. The van der Waals surface area contributed by atoms with Crippen LogP contribution < -0.4 is 10.2 Å². The predicted octanol–water partition coefficient (Wildman–Crippen LogP) is 2.20. The van der Waals surface area contributed by atoms with Gasteiger partial charge in [-0.15, -0.1) is 0 Å². The second kappa shape index (κ2) is 7.44. The van der Waals surface area contributed by atoms with E-state index in [4.69, 9.17) is 0 Å². The molecule has 4 heteroatoms. The first kappa shape index (κ1) is 15.8. The molecule has 21 heavy (non-hydrogen) atoms. The Morgan fingerprint density at radius 2 is 2.24 bits per heavy atom. The minimum absolute atomic E-state index is 0.586. The fourth-order valence-electron chi connectivity index (χ4n) is 2.85. The van der Waals surface area contributed by atoms with E-state index < -0.39 is 0 Å². The van der Waals surface area contributed by atoms with Crippen LogP contribution in [0.2, 0.25) is 0 Å². The molecule has 1 atom stereocenters. The van der Waals surface area contributed by atoms with Crippen LogP contribution in [0.25, 0.3) is 0 Å². The highest BCUT2D eigenvalue weighted by Crippen LogP contribution is 2.26. The van der Waals surface area contributed by atoms with Crippen LogP contribution in [-0.4, -0.2) is 44.7 Å². The van der Waals surface area contributed by atoms with Crippen LogP contribution in [0.3, 0.4) is 0 Å². The first-order valence-electron chi connectivity index (χ1n) is 7.80. The summed E-state index contributed by atoms with van der Waals surface area (Å²) in [7, 11) is 4.25. The molecule has 0 saturated carbocycles. The molecule has 1 heterocycles. The van der Waals surface area contributed by atoms with E-state index in [9.17, 15) is 5.26 Å². The first-order valence-corrected chi connectivity index (χ1v) is 7.80. The Balaban J connectivity index is 2.09. The molecule has 0 amide bonds. The van der Waals surface area contributed by atoms with Crippen molar-refractivity contribution in [2.45, 2.75) is 32.4 Å². The van der Waals surface area contributed by atoms with E-state index in [1.807, 2.05) is 6.07 Å². The van der Waals surface area contributed by atoms with Crippen LogP contribution in [0.15, 0.2) is 18.2 Å². The molecule has 1 fully saturated rings. The number of anilines is 1. The molecule has 0 bridgehead atoms. The zero-order valence-corrected chi connectivity index (χ0v) is 13.4. The molecule has 1 saturated heterocycles. The highest BCUT2D eigenvalue weighted by molar-refractivity contribution is 5.61. The number of benzene rings is 1. The molecule has 0 radical (unpaired) electrons. The van der Waals surface area contributed by atoms with Crippen molar-refractivity contribution in [3.63, 3.8) is 0 Å². The number of nitrogens with one attached hydrogen (secondary N) is 1. The molecule has 1 N–H and O–H groups in total. The van der Waals surface area contributed by atoms with Crippen molar-refractivity contribution >= 4 is 5.69 Å². The zero-order chi connectivity index (χ0) is 15.2. The van der Waals surface area contributed by atoms with Crippen LogP contribution in [0, 0.1) is 11.3 Å². The van der Waals surface area contributed by atoms with Crippen molar-refractivity contribution in [1.82, 2.24) is 10.2 Å². The van der Waals surface area contributed by atoms with Gasteiger partial charge in [-0.25, -0.2) is 0 Å². The van der Waals surface area contributed by atoms with E-state index in [1.54, 1.807) is 0 Å². The van der Waals surface area contributed by atoms with Crippen LogP contribution in [-0.2, 0) is 6.54 Å². The molecular weight excluding hydrogens is 260 g/mol. The number of likely N-dealkylation sites (N-methyl/N-ethyl adjacent to an activating group) is 1. The molecule has 1 aliphatic rings. The van der Waals surface area contributed by atoms with Gasteiger partial charge < -0.3 is 15.1 Å². The largest absolute Gasteiger partial charge is 0.369 e.